The number of aromatic nitrogens is 5. The Labute approximate surface area is 237 Å². The molecule has 0 bridgehead atoms. The molecule has 0 atom stereocenters. The van der Waals surface area contributed by atoms with Gasteiger partial charge in [0.15, 0.2) is 0 Å². The van der Waals surface area contributed by atoms with Crippen molar-refractivity contribution < 1.29 is 33.0 Å². The monoisotopic (exact) mass is 540 g/mol. The first-order valence-electron chi connectivity index (χ1n) is 16.5. The number of rotatable bonds is 6. The topological polar surface area (TPSA) is 97.6 Å². The Morgan fingerprint density at radius 2 is 1.97 bits per heavy atom. The molecule has 0 aliphatic rings. The van der Waals surface area contributed by atoms with Gasteiger partial charge in [-0.2, -0.15) is 13.2 Å². The number of nitrogens with zero attached hydrogens (tertiary/aromatic N) is 5. The molecule has 2 N–H and O–H groups in total. The highest BCUT2D eigenvalue weighted by Gasteiger charge is 2.31. The van der Waals surface area contributed by atoms with Gasteiger partial charge in [-0.1, -0.05) is 6.04 Å². The summed E-state index contributed by atoms with van der Waals surface area (Å²) in [5.41, 5.74) is -6.03. The van der Waals surface area contributed by atoms with Crippen LogP contribution in [0, 0.1) is 13.8 Å². The Hall–Kier alpha value is -5.06. The van der Waals surface area contributed by atoms with Crippen LogP contribution in [0.25, 0.3) is 16.9 Å². The van der Waals surface area contributed by atoms with Gasteiger partial charge in [-0.15, -0.1) is 0 Å². The molecule has 5 rings (SSSR count). The number of carbonyl (C=O) groups is 1. The van der Waals surface area contributed by atoms with E-state index in [2.05, 4.69) is 25.3 Å². The molecule has 8 nitrogen and oxygen atoms in total. The molecule has 0 unspecified atom stereocenters. The third-order valence-electron chi connectivity index (χ3n) is 4.96. The van der Waals surface area contributed by atoms with Crippen molar-refractivity contribution in [1.82, 2.24) is 24.5 Å². The maximum Gasteiger partial charge on any atom is 0.416 e. The number of halogens is 3. The van der Waals surface area contributed by atoms with Gasteiger partial charge in [0.05, 0.1) is 32.8 Å². The van der Waals surface area contributed by atoms with Gasteiger partial charge in [-0.3, -0.25) is 9.78 Å². The molecule has 3 heterocycles. The summed E-state index contributed by atoms with van der Waals surface area (Å²) >= 11 is 0. The molecule has 3 aromatic heterocycles. The fraction of sp³-hybridized carbons (Fsp3) is 0.107. The maximum atomic E-state index is 14.2. The van der Waals surface area contributed by atoms with Gasteiger partial charge in [0, 0.05) is 57.1 Å². The summed E-state index contributed by atoms with van der Waals surface area (Å²) in [6.07, 6.45) is -2.59. The zero-order chi connectivity index (χ0) is 37.0. The quantitative estimate of drug-likeness (QED) is 0.260. The van der Waals surface area contributed by atoms with Gasteiger partial charge >= 0.3 is 6.18 Å². The third kappa shape index (κ3) is 5.93. The van der Waals surface area contributed by atoms with Crippen LogP contribution in [0.2, 0.25) is 0 Å². The van der Waals surface area contributed by atoms with Crippen LogP contribution in [-0.2, 0) is 6.18 Å². The molecule has 0 saturated carbocycles. The average molecular weight is 541 g/mol. The number of aryl methyl sites for hydroxylation is 1. The van der Waals surface area contributed by atoms with E-state index in [4.69, 9.17) is 15.1 Å². The van der Waals surface area contributed by atoms with Crippen molar-refractivity contribution in [2.75, 3.05) is 10.6 Å². The summed E-state index contributed by atoms with van der Waals surface area (Å²) in [6, 6.07) is -2.52. The van der Waals surface area contributed by atoms with Gasteiger partial charge in [0.25, 0.3) is 5.91 Å². The number of anilines is 3. The van der Waals surface area contributed by atoms with Crippen molar-refractivity contribution in [2.24, 2.45) is 0 Å². The molecular formula is C28H22F3N7O. The van der Waals surface area contributed by atoms with Crippen LogP contribution in [0.15, 0.2) is 85.5 Å². The van der Waals surface area contributed by atoms with Crippen molar-refractivity contribution in [3.8, 4) is 16.9 Å². The van der Waals surface area contributed by atoms with Gasteiger partial charge in [0.2, 0.25) is 5.95 Å². The Bertz CT molecular complexity index is 2180. The number of benzene rings is 2. The summed E-state index contributed by atoms with van der Waals surface area (Å²) in [4.78, 5) is 29.7. The summed E-state index contributed by atoms with van der Waals surface area (Å²) in [5.74, 6) is -1.88. The van der Waals surface area contributed by atoms with E-state index in [9.17, 15) is 18.0 Å². The van der Waals surface area contributed by atoms with Crippen LogP contribution >= 0.6 is 0 Å². The number of pyridine rings is 1. The zero-order valence-electron chi connectivity index (χ0n) is 30.7. The average Bonchev–Trinajstić information content (AvgIpc) is 3.27. The van der Waals surface area contributed by atoms with E-state index in [0.29, 0.717) is 15.8 Å². The standard InChI is InChI=1S/C28H22F3N7O/c1-17-5-6-19(10-25(17)37-27-33-9-7-24(36-27)20-4-3-8-32-14-20)26(39)35-22-11-21(28(29,30)31)12-23(13-22)38-15-18(2)34-16-38/h3-16H,1-2H3,(H,35,39)(H,33,36,37)/i1D3,5D,6D,10D,11D,12D,13D,15D,16D. The van der Waals surface area contributed by atoms with Gasteiger partial charge in [-0.25, -0.2) is 15.0 Å². The fourth-order valence-electron chi connectivity index (χ4n) is 3.21. The van der Waals surface area contributed by atoms with E-state index in [-0.39, 0.29) is 11.6 Å². The van der Waals surface area contributed by atoms with E-state index < -0.39 is 101 Å². The number of carbonyl (C=O) groups excluding carboxylic acids is 1. The minimum atomic E-state index is -5.41. The SMILES string of the molecule is [2H]c1c([2H])c(C([2H])([2H])[2H])c(Nc2nccc(-c3cccnc3)n2)c([2H])c1C(=O)Nc1c([2H])c(-n2c([2H])nc(C)c2[2H])c([2H])c(C(F)(F)F)c1[2H]. The molecule has 0 saturated heterocycles. The number of nitrogens with one attached hydrogen (secondary N) is 2. The van der Waals surface area contributed by atoms with Crippen molar-refractivity contribution >= 4 is 23.2 Å². The Morgan fingerprint density at radius 3 is 2.69 bits per heavy atom. The second kappa shape index (κ2) is 10.4. The lowest BCUT2D eigenvalue weighted by Crippen LogP contribution is -2.14. The number of imidazole rings is 1. The Balaban J connectivity index is 1.70. The number of amides is 1. The van der Waals surface area contributed by atoms with Gasteiger partial charge in [-0.05, 0) is 67.8 Å². The smallest absolute Gasteiger partial charge is 0.324 e. The lowest BCUT2D eigenvalue weighted by Gasteiger charge is -2.14. The summed E-state index contributed by atoms with van der Waals surface area (Å²) < 4.78 is 134. The second-order valence-corrected chi connectivity index (χ2v) is 7.80. The molecule has 1 amide bonds. The van der Waals surface area contributed by atoms with Gasteiger partial charge in [0.1, 0.15) is 1.37 Å². The molecule has 196 valence electrons. The van der Waals surface area contributed by atoms with E-state index in [1.807, 2.05) is 5.32 Å². The molecule has 0 fully saturated rings. The van der Waals surface area contributed by atoms with Crippen LogP contribution in [-0.4, -0.2) is 30.4 Å². The maximum absolute atomic E-state index is 14.2. The first-order chi connectivity index (χ1) is 23.2. The van der Waals surface area contributed by atoms with Crippen molar-refractivity contribution in [3.63, 3.8) is 0 Å². The van der Waals surface area contributed by atoms with Crippen LogP contribution in [0.5, 0.6) is 0 Å². The van der Waals surface area contributed by atoms with Crippen LogP contribution in [0.3, 0.4) is 0 Å². The van der Waals surface area contributed by atoms with Crippen LogP contribution in [0.4, 0.5) is 30.5 Å². The first-order valence-corrected chi connectivity index (χ1v) is 11.0. The minimum Gasteiger partial charge on any atom is -0.324 e. The van der Waals surface area contributed by atoms with E-state index in [1.54, 1.807) is 12.1 Å². The molecule has 0 radical (unpaired) electrons. The fourth-order valence-corrected chi connectivity index (χ4v) is 3.21. The highest BCUT2D eigenvalue weighted by atomic mass is 19.4. The van der Waals surface area contributed by atoms with Crippen molar-refractivity contribution in [1.29, 1.82) is 0 Å². The lowest BCUT2D eigenvalue weighted by molar-refractivity contribution is -0.137. The summed E-state index contributed by atoms with van der Waals surface area (Å²) in [5, 5.41) is 4.41. The number of hydrogen-bond donors (Lipinski definition) is 2. The summed E-state index contributed by atoms with van der Waals surface area (Å²) in [7, 11) is 0. The third-order valence-corrected chi connectivity index (χ3v) is 4.96. The number of alkyl halides is 3. The van der Waals surface area contributed by atoms with E-state index in [0.717, 1.165) is 0 Å². The Morgan fingerprint density at radius 1 is 1.10 bits per heavy atom. The predicted molar refractivity (Wildman–Crippen MR) is 141 cm³/mol. The lowest BCUT2D eigenvalue weighted by atomic mass is 10.1. The van der Waals surface area contributed by atoms with Crippen molar-refractivity contribution in [2.45, 2.75) is 20.0 Å². The highest BCUT2D eigenvalue weighted by molar-refractivity contribution is 6.05. The van der Waals surface area contributed by atoms with Crippen LogP contribution < -0.4 is 10.6 Å². The van der Waals surface area contributed by atoms with E-state index >= 15 is 0 Å². The predicted octanol–water partition coefficient (Wildman–Crippen LogP) is 6.36. The zero-order valence-corrected chi connectivity index (χ0v) is 19.7. The van der Waals surface area contributed by atoms with Crippen LogP contribution in [0.1, 0.15) is 42.3 Å². The molecule has 5 aromatic rings. The van der Waals surface area contributed by atoms with E-state index in [1.165, 1.54) is 31.6 Å². The molecule has 2 aromatic carbocycles. The Kier molecular flexibility index (Phi) is 4.09. The molecule has 0 aliphatic carbocycles. The minimum absolute atomic E-state index is 0.132. The normalized spacial score (nSPS) is 15.6. The van der Waals surface area contributed by atoms with Gasteiger partial charge < -0.3 is 15.2 Å². The number of hydrogen-bond acceptors (Lipinski definition) is 6. The second-order valence-electron chi connectivity index (χ2n) is 7.80. The molecule has 0 aliphatic heterocycles. The molecule has 0 spiro atoms. The molecular weight excluding hydrogens is 507 g/mol. The summed E-state index contributed by atoms with van der Waals surface area (Å²) in [6.45, 7) is -1.88. The first kappa shape index (κ1) is 15.4. The highest BCUT2D eigenvalue weighted by Crippen LogP contribution is 2.33. The van der Waals surface area contributed by atoms with Crippen molar-refractivity contribution in [3.05, 3.63) is 108 Å². The molecule has 39 heavy (non-hydrogen) atoms. The largest absolute Gasteiger partial charge is 0.416 e. The molecule has 11 heteroatoms.